The Morgan fingerprint density at radius 1 is 1.13 bits per heavy atom. The number of hydrogen-bond donors (Lipinski definition) is 3. The number of ether oxygens (including phenoxy) is 2. The van der Waals surface area contributed by atoms with E-state index in [1.807, 2.05) is 0 Å². The number of aromatic nitrogens is 4. The normalized spacial score (nSPS) is 10.9. The van der Waals surface area contributed by atoms with E-state index in [-0.39, 0.29) is 5.95 Å². The Hall–Kier alpha value is -3.03. The second-order valence-corrected chi connectivity index (χ2v) is 5.03. The van der Waals surface area contributed by atoms with Gasteiger partial charge in [0.05, 0.1) is 26.1 Å². The zero-order valence-electron chi connectivity index (χ0n) is 13.0. The Balaban J connectivity index is 2.18. The summed E-state index contributed by atoms with van der Waals surface area (Å²) in [7, 11) is 3.17. The van der Waals surface area contributed by atoms with E-state index in [1.165, 1.54) is 0 Å². The fraction of sp³-hybridized carbons (Fsp3) is 0.267. The maximum absolute atomic E-state index is 6.07. The number of nitrogen functional groups attached to an aromatic ring is 2. The summed E-state index contributed by atoms with van der Waals surface area (Å²) in [6.45, 7) is 0. The number of fused-ring (bicyclic) bond motifs is 1. The van der Waals surface area contributed by atoms with Gasteiger partial charge in [-0.05, 0) is 12.8 Å². The Kier molecular flexibility index (Phi) is 3.88. The topological polar surface area (TPSA) is 125 Å². The first-order chi connectivity index (χ1) is 11.1. The first kappa shape index (κ1) is 14.9. The van der Waals surface area contributed by atoms with Crippen LogP contribution in [0.3, 0.4) is 0 Å². The van der Waals surface area contributed by atoms with Gasteiger partial charge in [-0.15, -0.1) is 0 Å². The maximum atomic E-state index is 6.07. The Bertz CT molecular complexity index is 832. The monoisotopic (exact) mass is 314 g/mol. The number of methoxy groups -OCH3 is 2. The molecule has 8 nitrogen and oxygen atoms in total. The minimum absolute atomic E-state index is 0.127. The molecule has 0 saturated heterocycles. The van der Waals surface area contributed by atoms with Crippen molar-refractivity contribution in [1.82, 2.24) is 19.9 Å². The fourth-order valence-electron chi connectivity index (χ4n) is 2.68. The highest BCUT2D eigenvalue weighted by atomic mass is 16.5. The Labute approximate surface area is 132 Å². The molecule has 0 aliphatic heterocycles. The minimum Gasteiger partial charge on any atom is -0.493 e. The summed E-state index contributed by atoms with van der Waals surface area (Å²) in [6, 6.07) is 1.75. The molecule has 3 rings (SSSR count). The number of H-pyrrole nitrogens is 1. The lowest BCUT2D eigenvalue weighted by Gasteiger charge is -2.16. The van der Waals surface area contributed by atoms with Crippen molar-refractivity contribution in [1.29, 1.82) is 0 Å². The molecular formula is C15H18N6O2. The molecule has 5 N–H and O–H groups in total. The predicted octanol–water partition coefficient (Wildman–Crippen LogP) is 1.32. The number of aromatic amines is 1. The molecule has 8 heteroatoms. The SMILES string of the molecule is COc1cc2nc(N)nc(N)c2c(CCc2cnc[nH]2)c1OC. The summed E-state index contributed by atoms with van der Waals surface area (Å²) in [4.78, 5) is 15.4. The van der Waals surface area contributed by atoms with Crippen LogP contribution in [0.5, 0.6) is 11.5 Å². The molecule has 3 aromatic rings. The summed E-state index contributed by atoms with van der Waals surface area (Å²) in [6.07, 6.45) is 4.83. The molecule has 0 amide bonds. The van der Waals surface area contributed by atoms with E-state index < -0.39 is 0 Å². The van der Waals surface area contributed by atoms with Crippen molar-refractivity contribution < 1.29 is 9.47 Å². The van der Waals surface area contributed by atoms with Gasteiger partial charge in [0.2, 0.25) is 5.95 Å². The Morgan fingerprint density at radius 2 is 1.96 bits per heavy atom. The zero-order chi connectivity index (χ0) is 16.4. The van der Waals surface area contributed by atoms with Crippen LogP contribution < -0.4 is 20.9 Å². The first-order valence-electron chi connectivity index (χ1n) is 7.07. The fourth-order valence-corrected chi connectivity index (χ4v) is 2.68. The first-order valence-corrected chi connectivity index (χ1v) is 7.07. The molecule has 2 heterocycles. The van der Waals surface area contributed by atoms with Gasteiger partial charge in [-0.25, -0.2) is 9.97 Å². The van der Waals surface area contributed by atoms with Crippen molar-refractivity contribution in [3.05, 3.63) is 29.8 Å². The predicted molar refractivity (Wildman–Crippen MR) is 87.5 cm³/mol. The number of imidazole rings is 1. The maximum Gasteiger partial charge on any atom is 0.222 e. The van der Waals surface area contributed by atoms with Gasteiger partial charge in [-0.1, -0.05) is 0 Å². The highest BCUT2D eigenvalue weighted by molar-refractivity contribution is 5.95. The summed E-state index contributed by atoms with van der Waals surface area (Å²) in [5, 5.41) is 0.733. The molecule has 0 spiro atoms. The van der Waals surface area contributed by atoms with Gasteiger partial charge < -0.3 is 25.9 Å². The number of nitrogens with one attached hydrogen (secondary N) is 1. The van der Waals surface area contributed by atoms with Crippen molar-refractivity contribution in [2.75, 3.05) is 25.7 Å². The van der Waals surface area contributed by atoms with Crippen LogP contribution in [-0.2, 0) is 12.8 Å². The van der Waals surface area contributed by atoms with Gasteiger partial charge >= 0.3 is 0 Å². The number of aryl methyl sites for hydroxylation is 2. The van der Waals surface area contributed by atoms with Gasteiger partial charge in [-0.3, -0.25) is 0 Å². The van der Waals surface area contributed by atoms with Crippen LogP contribution in [0.2, 0.25) is 0 Å². The quantitative estimate of drug-likeness (QED) is 0.648. The lowest BCUT2D eigenvalue weighted by Crippen LogP contribution is -2.06. The lowest BCUT2D eigenvalue weighted by molar-refractivity contribution is 0.352. The Morgan fingerprint density at radius 3 is 2.61 bits per heavy atom. The van der Waals surface area contributed by atoms with E-state index in [4.69, 9.17) is 20.9 Å². The van der Waals surface area contributed by atoms with Crippen LogP contribution in [0.15, 0.2) is 18.6 Å². The number of rotatable bonds is 5. The molecule has 0 radical (unpaired) electrons. The van der Waals surface area contributed by atoms with Crippen molar-refractivity contribution in [2.24, 2.45) is 0 Å². The van der Waals surface area contributed by atoms with E-state index in [0.29, 0.717) is 29.3 Å². The van der Waals surface area contributed by atoms with Gasteiger partial charge in [0.15, 0.2) is 11.5 Å². The molecule has 23 heavy (non-hydrogen) atoms. The summed E-state index contributed by atoms with van der Waals surface area (Å²) >= 11 is 0. The van der Waals surface area contributed by atoms with E-state index >= 15 is 0 Å². The third kappa shape index (κ3) is 2.70. The van der Waals surface area contributed by atoms with Crippen LogP contribution in [0.4, 0.5) is 11.8 Å². The van der Waals surface area contributed by atoms with Gasteiger partial charge in [0, 0.05) is 28.9 Å². The molecule has 0 saturated carbocycles. The van der Waals surface area contributed by atoms with Gasteiger partial charge in [0.25, 0.3) is 0 Å². The van der Waals surface area contributed by atoms with Crippen LogP contribution in [0, 0.1) is 0 Å². The molecule has 0 fully saturated rings. The van der Waals surface area contributed by atoms with Crippen LogP contribution in [-0.4, -0.2) is 34.2 Å². The smallest absolute Gasteiger partial charge is 0.222 e. The number of nitrogens with zero attached hydrogens (tertiary/aromatic N) is 3. The van der Waals surface area contributed by atoms with Gasteiger partial charge in [-0.2, -0.15) is 4.98 Å². The third-order valence-corrected chi connectivity index (χ3v) is 3.67. The standard InChI is InChI=1S/C15H18N6O2/c1-22-11-5-10-12(14(16)21-15(17)20-10)9(13(11)23-2)4-3-8-6-18-7-19-8/h5-7H,3-4H2,1-2H3,(H,18,19)(H4,16,17,20,21). The highest BCUT2D eigenvalue weighted by Crippen LogP contribution is 2.39. The van der Waals surface area contributed by atoms with E-state index in [1.54, 1.807) is 32.8 Å². The van der Waals surface area contributed by atoms with Gasteiger partial charge in [0.1, 0.15) is 5.82 Å². The highest BCUT2D eigenvalue weighted by Gasteiger charge is 2.19. The average Bonchev–Trinajstić information content (AvgIpc) is 3.04. The second-order valence-electron chi connectivity index (χ2n) is 5.03. The summed E-state index contributed by atoms with van der Waals surface area (Å²) in [5.41, 5.74) is 14.3. The van der Waals surface area contributed by atoms with Crippen molar-refractivity contribution >= 4 is 22.7 Å². The molecule has 0 aliphatic carbocycles. The molecule has 2 aromatic heterocycles. The number of nitrogens with two attached hydrogens (primary N) is 2. The number of benzene rings is 1. The number of hydrogen-bond acceptors (Lipinski definition) is 7. The molecule has 0 atom stereocenters. The molecule has 0 unspecified atom stereocenters. The minimum atomic E-state index is 0.127. The zero-order valence-corrected chi connectivity index (χ0v) is 13.0. The molecular weight excluding hydrogens is 296 g/mol. The van der Waals surface area contributed by atoms with Crippen molar-refractivity contribution in [3.63, 3.8) is 0 Å². The molecule has 120 valence electrons. The second kappa shape index (κ2) is 5.99. The van der Waals surface area contributed by atoms with E-state index in [0.717, 1.165) is 23.1 Å². The lowest BCUT2D eigenvalue weighted by atomic mass is 10.0. The van der Waals surface area contributed by atoms with E-state index in [2.05, 4.69) is 19.9 Å². The van der Waals surface area contributed by atoms with Crippen molar-refractivity contribution in [2.45, 2.75) is 12.8 Å². The molecule has 0 bridgehead atoms. The van der Waals surface area contributed by atoms with Crippen LogP contribution >= 0.6 is 0 Å². The third-order valence-electron chi connectivity index (χ3n) is 3.67. The number of anilines is 2. The summed E-state index contributed by atoms with van der Waals surface area (Å²) < 4.78 is 11.0. The molecule has 1 aromatic carbocycles. The average molecular weight is 314 g/mol. The van der Waals surface area contributed by atoms with Crippen LogP contribution in [0.1, 0.15) is 11.3 Å². The molecule has 0 aliphatic rings. The van der Waals surface area contributed by atoms with Crippen molar-refractivity contribution in [3.8, 4) is 11.5 Å². The van der Waals surface area contributed by atoms with Crippen LogP contribution in [0.25, 0.3) is 10.9 Å². The largest absolute Gasteiger partial charge is 0.493 e. The summed E-state index contributed by atoms with van der Waals surface area (Å²) in [5.74, 6) is 1.66. The van der Waals surface area contributed by atoms with E-state index in [9.17, 15) is 0 Å².